The molecule has 0 spiro atoms. The van der Waals surface area contributed by atoms with Crippen molar-refractivity contribution in [3.05, 3.63) is 109 Å². The lowest BCUT2D eigenvalue weighted by molar-refractivity contribution is -0.113. The Bertz CT molecular complexity index is 1770. The van der Waals surface area contributed by atoms with E-state index in [1.54, 1.807) is 30.2 Å². The highest BCUT2D eigenvalue weighted by atomic mass is 32.2. The number of carbonyl (C=O) groups is 1. The van der Waals surface area contributed by atoms with Crippen LogP contribution in [0.25, 0.3) is 27.3 Å². The van der Waals surface area contributed by atoms with Crippen molar-refractivity contribution in [2.24, 2.45) is 0 Å². The molecule has 0 radical (unpaired) electrons. The summed E-state index contributed by atoms with van der Waals surface area (Å²) in [4.78, 5) is 17.7. The minimum absolute atomic E-state index is 0.119. The second-order valence-corrected chi connectivity index (χ2v) is 12.2. The molecule has 4 aromatic carbocycles. The molecule has 1 amide bonds. The number of hydrogen-bond donors (Lipinski definition) is 1. The van der Waals surface area contributed by atoms with E-state index in [2.05, 4.69) is 27.6 Å². The maximum Gasteiger partial charge on any atom is 0.234 e. The molecular formula is C31H25N5O2S3. The summed E-state index contributed by atoms with van der Waals surface area (Å²) in [7, 11) is 1.64. The van der Waals surface area contributed by atoms with Gasteiger partial charge in [0.05, 0.1) is 23.1 Å². The maximum absolute atomic E-state index is 13.0. The van der Waals surface area contributed by atoms with Crippen LogP contribution in [0, 0.1) is 0 Å². The third-order valence-electron chi connectivity index (χ3n) is 6.19. The molecule has 0 atom stereocenters. The van der Waals surface area contributed by atoms with Gasteiger partial charge in [-0.2, -0.15) is 0 Å². The summed E-state index contributed by atoms with van der Waals surface area (Å²) in [5.41, 5.74) is 4.76. The average molecular weight is 596 g/mol. The van der Waals surface area contributed by atoms with Crippen LogP contribution in [-0.4, -0.2) is 38.5 Å². The van der Waals surface area contributed by atoms with E-state index in [-0.39, 0.29) is 11.7 Å². The second kappa shape index (κ2) is 12.6. The van der Waals surface area contributed by atoms with Gasteiger partial charge in [-0.15, -0.1) is 21.5 Å². The molecule has 7 nitrogen and oxygen atoms in total. The molecule has 2 heterocycles. The van der Waals surface area contributed by atoms with Gasteiger partial charge < -0.3 is 10.1 Å². The van der Waals surface area contributed by atoms with E-state index < -0.39 is 0 Å². The smallest absolute Gasteiger partial charge is 0.234 e. The van der Waals surface area contributed by atoms with Crippen molar-refractivity contribution in [3.8, 4) is 22.8 Å². The summed E-state index contributed by atoms with van der Waals surface area (Å²) in [6.45, 7) is 0. The molecule has 6 aromatic rings. The highest BCUT2D eigenvalue weighted by Gasteiger charge is 2.18. The van der Waals surface area contributed by atoms with Gasteiger partial charge in [-0.25, -0.2) is 4.98 Å². The molecule has 41 heavy (non-hydrogen) atoms. The lowest BCUT2D eigenvalue weighted by atomic mass is 10.2. The van der Waals surface area contributed by atoms with Crippen molar-refractivity contribution < 1.29 is 9.53 Å². The highest BCUT2D eigenvalue weighted by Crippen LogP contribution is 2.33. The number of fused-ring (bicyclic) bond motifs is 1. The Kier molecular flexibility index (Phi) is 8.31. The van der Waals surface area contributed by atoms with Crippen molar-refractivity contribution in [2.75, 3.05) is 18.2 Å². The first-order valence-electron chi connectivity index (χ1n) is 12.8. The van der Waals surface area contributed by atoms with Crippen LogP contribution >= 0.6 is 34.9 Å². The van der Waals surface area contributed by atoms with Crippen molar-refractivity contribution in [3.63, 3.8) is 0 Å². The first-order chi connectivity index (χ1) is 20.2. The van der Waals surface area contributed by atoms with Gasteiger partial charge in [-0.05, 0) is 60.2 Å². The molecule has 0 aliphatic heterocycles. The number of ether oxygens (including phenoxy) is 1. The molecule has 0 aliphatic carbocycles. The Morgan fingerprint density at radius 2 is 1.66 bits per heavy atom. The lowest BCUT2D eigenvalue weighted by Crippen LogP contribution is -2.14. The number of hydrogen-bond acceptors (Lipinski definition) is 8. The number of carbonyl (C=O) groups excluding carboxylic acids is 1. The number of rotatable bonds is 10. The van der Waals surface area contributed by atoms with E-state index >= 15 is 0 Å². The van der Waals surface area contributed by atoms with Crippen molar-refractivity contribution in [1.82, 2.24) is 19.7 Å². The Morgan fingerprint density at radius 1 is 0.902 bits per heavy atom. The fourth-order valence-corrected chi connectivity index (χ4v) is 7.01. The molecule has 0 aliphatic rings. The van der Waals surface area contributed by atoms with Crippen molar-refractivity contribution >= 4 is 56.7 Å². The Labute approximate surface area is 250 Å². The number of thiazole rings is 1. The van der Waals surface area contributed by atoms with Gasteiger partial charge >= 0.3 is 0 Å². The SMILES string of the molecule is COc1ccc(-c2nnc(SCC(=O)Nc3ccc4nc(SCc5ccccc5)sc4c3)n2-c2ccccc2)cc1. The third kappa shape index (κ3) is 6.45. The van der Waals surface area contributed by atoms with Crippen LogP contribution in [-0.2, 0) is 10.5 Å². The predicted octanol–water partition coefficient (Wildman–Crippen LogP) is 7.58. The van der Waals surface area contributed by atoms with Crippen molar-refractivity contribution in [1.29, 1.82) is 0 Å². The number of aromatic nitrogens is 4. The summed E-state index contributed by atoms with van der Waals surface area (Å²) in [6.07, 6.45) is 0. The van der Waals surface area contributed by atoms with Gasteiger partial charge in [0.15, 0.2) is 15.3 Å². The maximum atomic E-state index is 13.0. The molecule has 0 saturated carbocycles. The summed E-state index contributed by atoms with van der Waals surface area (Å²) < 4.78 is 9.32. The zero-order valence-electron chi connectivity index (χ0n) is 22.1. The van der Waals surface area contributed by atoms with Crippen LogP contribution in [0.2, 0.25) is 0 Å². The number of amides is 1. The minimum Gasteiger partial charge on any atom is -0.497 e. The molecule has 2 aromatic heterocycles. The zero-order chi connectivity index (χ0) is 28.0. The largest absolute Gasteiger partial charge is 0.497 e. The van der Waals surface area contributed by atoms with Crippen LogP contribution in [0.15, 0.2) is 113 Å². The van der Waals surface area contributed by atoms with E-state index in [1.165, 1.54) is 17.3 Å². The van der Waals surface area contributed by atoms with Crippen molar-refractivity contribution in [2.45, 2.75) is 15.2 Å². The molecule has 10 heteroatoms. The molecule has 1 N–H and O–H groups in total. The standard InChI is InChI=1S/C31H25N5O2S3/c1-38-25-15-12-22(13-16-25)29-34-35-30(36(29)24-10-6-3-7-11-24)39-20-28(37)32-23-14-17-26-27(18-23)41-31(33-26)40-19-21-8-4-2-5-9-21/h2-18H,19-20H2,1H3,(H,32,37). The number of nitrogens with zero attached hydrogens (tertiary/aromatic N) is 4. The van der Waals surface area contributed by atoms with Gasteiger partial charge in [0, 0.05) is 22.7 Å². The number of nitrogens with one attached hydrogen (secondary N) is 1. The number of benzene rings is 4. The highest BCUT2D eigenvalue weighted by molar-refractivity contribution is 8.00. The molecule has 0 saturated heterocycles. The van der Waals surface area contributed by atoms with Crippen LogP contribution in [0.5, 0.6) is 5.75 Å². The molecule has 6 rings (SSSR count). The number of anilines is 1. The van der Waals surface area contributed by atoms with E-state index in [0.29, 0.717) is 11.0 Å². The van der Waals surface area contributed by atoms with E-state index in [4.69, 9.17) is 9.72 Å². The number of para-hydroxylation sites is 1. The second-order valence-electron chi connectivity index (χ2n) is 8.98. The summed E-state index contributed by atoms with van der Waals surface area (Å²) in [5, 5.41) is 12.5. The Balaban J connectivity index is 1.14. The summed E-state index contributed by atoms with van der Waals surface area (Å²) in [5.74, 6) is 2.40. The van der Waals surface area contributed by atoms with Gasteiger partial charge in [0.25, 0.3) is 0 Å². The van der Waals surface area contributed by atoms with Crippen LogP contribution in [0.1, 0.15) is 5.56 Å². The van der Waals surface area contributed by atoms with E-state index in [9.17, 15) is 4.79 Å². The lowest BCUT2D eigenvalue weighted by Gasteiger charge is -2.11. The normalized spacial score (nSPS) is 11.0. The molecule has 0 bridgehead atoms. The summed E-state index contributed by atoms with van der Waals surface area (Å²) >= 11 is 4.70. The van der Waals surface area contributed by atoms with E-state index in [1.807, 2.05) is 95.6 Å². The fraction of sp³-hybridized carbons (Fsp3) is 0.0968. The molecule has 0 unspecified atom stereocenters. The Hall–Kier alpha value is -4.12. The van der Waals surface area contributed by atoms with Crippen LogP contribution in [0.4, 0.5) is 5.69 Å². The monoisotopic (exact) mass is 595 g/mol. The average Bonchev–Trinajstić information content (AvgIpc) is 3.64. The number of thioether (sulfide) groups is 2. The van der Waals surface area contributed by atoms with Gasteiger partial charge in [0.2, 0.25) is 5.91 Å². The quantitative estimate of drug-likeness (QED) is 0.164. The molecular weight excluding hydrogens is 571 g/mol. The summed E-state index contributed by atoms with van der Waals surface area (Å²) in [6, 6.07) is 33.8. The van der Waals surface area contributed by atoms with Gasteiger partial charge in [-0.1, -0.05) is 72.1 Å². The molecule has 204 valence electrons. The van der Waals surface area contributed by atoms with Crippen LogP contribution in [0.3, 0.4) is 0 Å². The topological polar surface area (TPSA) is 81.9 Å². The first-order valence-corrected chi connectivity index (χ1v) is 15.6. The third-order valence-corrected chi connectivity index (χ3v) is 9.35. The predicted molar refractivity (Wildman–Crippen MR) is 168 cm³/mol. The van der Waals surface area contributed by atoms with Gasteiger partial charge in [-0.3, -0.25) is 9.36 Å². The zero-order valence-corrected chi connectivity index (χ0v) is 24.5. The van der Waals surface area contributed by atoms with Crippen LogP contribution < -0.4 is 10.1 Å². The van der Waals surface area contributed by atoms with Gasteiger partial charge in [0.1, 0.15) is 5.75 Å². The van der Waals surface area contributed by atoms with E-state index in [0.717, 1.165) is 43.0 Å². The Morgan fingerprint density at radius 3 is 2.41 bits per heavy atom. The molecule has 0 fully saturated rings. The number of methoxy groups -OCH3 is 1. The first kappa shape index (κ1) is 27.1. The fourth-order valence-electron chi connectivity index (χ4n) is 4.19. The minimum atomic E-state index is -0.119.